The van der Waals surface area contributed by atoms with E-state index in [2.05, 4.69) is 25.7 Å². The maximum atomic E-state index is 2.34. The van der Waals surface area contributed by atoms with E-state index in [0.29, 0.717) is 0 Å². The predicted octanol–water partition coefficient (Wildman–Crippen LogP) is 0.574. The Hall–Kier alpha value is -0.0400. The minimum absolute atomic E-state index is 1.23. The summed E-state index contributed by atoms with van der Waals surface area (Å²) < 4.78 is 0. The third-order valence-corrected chi connectivity index (χ3v) is 1.19. The normalized spacial score (nSPS) is 9.75. The van der Waals surface area contributed by atoms with Gasteiger partial charge in [0, 0.05) is 0 Å². The molecule has 0 aliphatic heterocycles. The van der Waals surface area contributed by atoms with Crippen LogP contribution in [0, 0.1) is 6.42 Å². The lowest BCUT2D eigenvalue weighted by molar-refractivity contribution is -0.627. The van der Waals surface area contributed by atoms with E-state index in [0.717, 1.165) is 0 Å². The Balaban J connectivity index is 2.53. The summed E-state index contributed by atoms with van der Waals surface area (Å²) in [6.45, 7) is 3.46. The topological polar surface area (TPSA) is 16.6 Å². The number of quaternary nitrogens is 1. The van der Waals surface area contributed by atoms with Gasteiger partial charge in [0.15, 0.2) is 0 Å². The maximum absolute atomic E-state index is 2.34. The van der Waals surface area contributed by atoms with Crippen molar-refractivity contribution in [1.82, 2.24) is 0 Å². The summed E-state index contributed by atoms with van der Waals surface area (Å²) in [7, 11) is 2.12. The second kappa shape index (κ2) is 6.96. The second-order valence-corrected chi connectivity index (χ2v) is 2.04. The summed E-state index contributed by atoms with van der Waals surface area (Å²) in [5.41, 5.74) is 0. The molecule has 0 amide bonds. The highest BCUT2D eigenvalue weighted by Gasteiger charge is 1.85. The van der Waals surface area contributed by atoms with Crippen molar-refractivity contribution in [1.29, 1.82) is 0 Å². The van der Waals surface area contributed by atoms with Gasteiger partial charge in [-0.25, -0.2) is 0 Å². The van der Waals surface area contributed by atoms with Crippen LogP contribution in [0.2, 0.25) is 0 Å². The molecule has 0 aromatic carbocycles. The van der Waals surface area contributed by atoms with Crippen molar-refractivity contribution in [3.63, 3.8) is 0 Å². The molecule has 0 spiro atoms. The Labute approximate surface area is 52.5 Å². The highest BCUT2D eigenvalue weighted by Crippen LogP contribution is 1.93. The average molecular weight is 115 g/mol. The third kappa shape index (κ3) is 5.96. The Bertz CT molecular complexity index is 29.4. The summed E-state index contributed by atoms with van der Waals surface area (Å²) in [6.07, 6.45) is 6.19. The van der Waals surface area contributed by atoms with E-state index in [1.165, 1.54) is 25.8 Å². The number of hydrogen-bond acceptors (Lipinski definition) is 0. The molecule has 1 nitrogen and oxygen atoms in total. The molecule has 1 radical (unpaired) electrons. The van der Waals surface area contributed by atoms with Crippen molar-refractivity contribution >= 4 is 0 Å². The number of unbranched alkanes of at least 4 members (excludes halogenated alkanes) is 3. The van der Waals surface area contributed by atoms with Crippen LogP contribution in [-0.2, 0) is 0 Å². The molecule has 0 bridgehead atoms. The fourth-order valence-electron chi connectivity index (χ4n) is 0.670. The number of rotatable bonds is 5. The maximum Gasteiger partial charge on any atom is 0.0753 e. The first kappa shape index (κ1) is 7.96. The summed E-state index contributed by atoms with van der Waals surface area (Å²) in [5.74, 6) is 0. The summed E-state index contributed by atoms with van der Waals surface area (Å²) >= 11 is 0. The minimum atomic E-state index is 1.23. The van der Waals surface area contributed by atoms with E-state index in [4.69, 9.17) is 0 Å². The zero-order valence-corrected chi connectivity index (χ0v) is 5.98. The largest absolute Gasteiger partial charge is 0.349 e. The lowest BCUT2D eigenvalue weighted by Crippen LogP contribution is -2.79. The summed E-state index contributed by atoms with van der Waals surface area (Å²) in [6, 6.07) is 0. The molecule has 0 aliphatic carbocycles. The average Bonchev–Trinajstić information content (AvgIpc) is 1.81. The first-order valence-electron chi connectivity index (χ1n) is 3.51. The smallest absolute Gasteiger partial charge is 0.0753 e. The molecule has 0 saturated carbocycles. The van der Waals surface area contributed by atoms with Crippen LogP contribution in [-0.4, -0.2) is 13.6 Å². The van der Waals surface area contributed by atoms with Gasteiger partial charge in [-0.2, -0.15) is 0 Å². The molecule has 8 heavy (non-hydrogen) atoms. The fraction of sp³-hybridized carbons (Fsp3) is 0.857. The van der Waals surface area contributed by atoms with E-state index in [1.54, 1.807) is 0 Å². The molecule has 0 rings (SSSR count). The SMILES string of the molecule is CC[CH]CCC[NH2+]C. The van der Waals surface area contributed by atoms with Crippen LogP contribution in [0.25, 0.3) is 0 Å². The van der Waals surface area contributed by atoms with E-state index in [-0.39, 0.29) is 0 Å². The van der Waals surface area contributed by atoms with Gasteiger partial charge in [0.05, 0.1) is 13.6 Å². The highest BCUT2D eigenvalue weighted by atomic mass is 14.8. The molecule has 0 aromatic heterocycles. The Morgan fingerprint density at radius 1 is 1.50 bits per heavy atom. The molecular weight excluding hydrogens is 98.1 g/mol. The zero-order valence-electron chi connectivity index (χ0n) is 5.98. The van der Waals surface area contributed by atoms with Gasteiger partial charge in [0.2, 0.25) is 0 Å². The summed E-state index contributed by atoms with van der Waals surface area (Å²) in [4.78, 5) is 0. The fourth-order valence-corrected chi connectivity index (χ4v) is 0.670. The van der Waals surface area contributed by atoms with Crippen LogP contribution in [0.5, 0.6) is 0 Å². The van der Waals surface area contributed by atoms with E-state index >= 15 is 0 Å². The third-order valence-electron chi connectivity index (χ3n) is 1.19. The molecule has 0 unspecified atom stereocenters. The first-order chi connectivity index (χ1) is 3.91. The van der Waals surface area contributed by atoms with Crippen LogP contribution in [0.4, 0.5) is 0 Å². The number of hydrogen-bond donors (Lipinski definition) is 1. The molecule has 0 aromatic rings. The molecule has 0 atom stereocenters. The Morgan fingerprint density at radius 2 is 2.25 bits per heavy atom. The van der Waals surface area contributed by atoms with Gasteiger partial charge in [0.25, 0.3) is 0 Å². The van der Waals surface area contributed by atoms with Gasteiger partial charge >= 0.3 is 0 Å². The molecule has 1 heteroatoms. The van der Waals surface area contributed by atoms with Crippen molar-refractivity contribution in [2.75, 3.05) is 13.6 Å². The summed E-state index contributed by atoms with van der Waals surface area (Å²) in [5, 5.41) is 2.23. The lowest BCUT2D eigenvalue weighted by Gasteiger charge is -1.93. The number of nitrogens with two attached hydrogens (primary N) is 1. The Kier molecular flexibility index (Phi) is 6.93. The molecule has 0 heterocycles. The van der Waals surface area contributed by atoms with Gasteiger partial charge in [-0.05, 0) is 19.3 Å². The second-order valence-electron chi connectivity index (χ2n) is 2.04. The van der Waals surface area contributed by atoms with Gasteiger partial charge in [0.1, 0.15) is 0 Å². The van der Waals surface area contributed by atoms with E-state index < -0.39 is 0 Å². The van der Waals surface area contributed by atoms with Crippen molar-refractivity contribution in [3.05, 3.63) is 6.42 Å². The quantitative estimate of drug-likeness (QED) is 0.505. The molecular formula is C7H17N+. The standard InChI is InChI=1S/C7H16N/c1-3-4-5-6-7-8-2/h4,8H,3,5-7H2,1-2H3/p+1. The highest BCUT2D eigenvalue weighted by molar-refractivity contribution is 4.59. The van der Waals surface area contributed by atoms with Crippen LogP contribution in [0.15, 0.2) is 0 Å². The van der Waals surface area contributed by atoms with Gasteiger partial charge in [-0.15, -0.1) is 0 Å². The van der Waals surface area contributed by atoms with Gasteiger partial charge < -0.3 is 5.32 Å². The van der Waals surface area contributed by atoms with E-state index in [1.807, 2.05) is 0 Å². The van der Waals surface area contributed by atoms with Crippen LogP contribution in [0.3, 0.4) is 0 Å². The van der Waals surface area contributed by atoms with Gasteiger partial charge in [-0.3, -0.25) is 0 Å². The van der Waals surface area contributed by atoms with Crippen LogP contribution < -0.4 is 5.32 Å². The van der Waals surface area contributed by atoms with Crippen LogP contribution in [0.1, 0.15) is 26.2 Å². The zero-order chi connectivity index (χ0) is 6.24. The lowest BCUT2D eigenvalue weighted by atomic mass is 10.2. The van der Waals surface area contributed by atoms with Gasteiger partial charge in [-0.1, -0.05) is 13.3 Å². The first-order valence-corrected chi connectivity index (χ1v) is 3.51. The van der Waals surface area contributed by atoms with Crippen molar-refractivity contribution in [3.8, 4) is 0 Å². The Morgan fingerprint density at radius 3 is 2.75 bits per heavy atom. The van der Waals surface area contributed by atoms with Crippen molar-refractivity contribution < 1.29 is 5.32 Å². The molecule has 49 valence electrons. The molecule has 0 aliphatic rings. The minimum Gasteiger partial charge on any atom is -0.349 e. The molecule has 0 saturated heterocycles. The van der Waals surface area contributed by atoms with Crippen LogP contribution >= 0.6 is 0 Å². The molecule has 0 fully saturated rings. The van der Waals surface area contributed by atoms with E-state index in [9.17, 15) is 0 Å². The molecule has 2 N–H and O–H groups in total. The monoisotopic (exact) mass is 115 g/mol. The van der Waals surface area contributed by atoms with Crippen molar-refractivity contribution in [2.24, 2.45) is 0 Å². The predicted molar refractivity (Wildman–Crippen MR) is 36.5 cm³/mol. The van der Waals surface area contributed by atoms with Crippen molar-refractivity contribution in [2.45, 2.75) is 26.2 Å².